The van der Waals surface area contributed by atoms with Gasteiger partial charge in [0.15, 0.2) is 0 Å². The van der Waals surface area contributed by atoms with E-state index in [-0.39, 0.29) is 5.91 Å². The molecule has 0 aliphatic heterocycles. The van der Waals surface area contributed by atoms with E-state index >= 15 is 0 Å². The fourth-order valence-electron chi connectivity index (χ4n) is 1.48. The molecule has 0 fully saturated rings. The summed E-state index contributed by atoms with van der Waals surface area (Å²) in [5.41, 5.74) is 1.03. The number of nitriles is 1. The van der Waals surface area contributed by atoms with Gasteiger partial charge in [-0.25, -0.2) is 0 Å². The molecule has 1 aromatic carbocycles. The second kappa shape index (κ2) is 8.35. The summed E-state index contributed by atoms with van der Waals surface area (Å²) in [4.78, 5) is 11.4. The molecule has 0 bridgehead atoms. The maximum absolute atomic E-state index is 11.4. The number of amides is 1. The minimum Gasteiger partial charge on any atom is -0.383 e. The predicted octanol–water partition coefficient (Wildman–Crippen LogP) is 1.78. The van der Waals surface area contributed by atoms with Gasteiger partial charge >= 0.3 is 0 Å². The minimum atomic E-state index is -0.0647. The number of nitrogens with zero attached hydrogens (tertiary/aromatic N) is 1. The summed E-state index contributed by atoms with van der Waals surface area (Å²) in [7, 11) is 1.58. The molecule has 0 aromatic heterocycles. The van der Waals surface area contributed by atoms with Crippen LogP contribution in [0.15, 0.2) is 18.2 Å². The number of anilines is 1. The van der Waals surface area contributed by atoms with Crippen molar-refractivity contribution in [1.29, 1.82) is 5.26 Å². The molecule has 102 valence electrons. The number of methoxy groups -OCH3 is 1. The first-order valence-electron chi connectivity index (χ1n) is 5.87. The third-order valence-electron chi connectivity index (χ3n) is 2.42. The van der Waals surface area contributed by atoms with Crippen molar-refractivity contribution in [3.05, 3.63) is 28.8 Å². The highest BCUT2D eigenvalue weighted by Crippen LogP contribution is 2.22. The Morgan fingerprint density at radius 1 is 1.47 bits per heavy atom. The lowest BCUT2D eigenvalue weighted by Crippen LogP contribution is -2.28. The van der Waals surface area contributed by atoms with Crippen molar-refractivity contribution in [1.82, 2.24) is 5.32 Å². The van der Waals surface area contributed by atoms with Gasteiger partial charge in [-0.1, -0.05) is 17.7 Å². The lowest BCUT2D eigenvalue weighted by Gasteiger charge is -2.09. The van der Waals surface area contributed by atoms with Crippen molar-refractivity contribution in [3.8, 4) is 6.07 Å². The summed E-state index contributed by atoms with van der Waals surface area (Å²) in [5.74, 6) is -0.0647. The molecule has 0 radical (unpaired) electrons. The van der Waals surface area contributed by atoms with Crippen LogP contribution in [-0.2, 0) is 9.53 Å². The van der Waals surface area contributed by atoms with Gasteiger partial charge in [-0.3, -0.25) is 4.79 Å². The van der Waals surface area contributed by atoms with Crippen molar-refractivity contribution in [3.63, 3.8) is 0 Å². The van der Waals surface area contributed by atoms with Crippen LogP contribution in [-0.4, -0.2) is 32.7 Å². The highest BCUT2D eigenvalue weighted by molar-refractivity contribution is 6.32. The molecule has 5 nitrogen and oxygen atoms in total. The number of nitrogens with one attached hydrogen (secondary N) is 2. The number of rotatable bonds is 7. The van der Waals surface area contributed by atoms with E-state index in [1.54, 1.807) is 25.3 Å². The smallest absolute Gasteiger partial charge is 0.221 e. The molecule has 1 aromatic rings. The van der Waals surface area contributed by atoms with Gasteiger partial charge in [0.05, 0.1) is 22.9 Å². The van der Waals surface area contributed by atoms with Crippen LogP contribution in [0.5, 0.6) is 0 Å². The maximum atomic E-state index is 11.4. The summed E-state index contributed by atoms with van der Waals surface area (Å²) in [5, 5.41) is 15.1. The van der Waals surface area contributed by atoms with E-state index in [1.807, 2.05) is 6.07 Å². The first-order valence-corrected chi connectivity index (χ1v) is 6.25. The first-order chi connectivity index (χ1) is 9.19. The van der Waals surface area contributed by atoms with Crippen LogP contribution >= 0.6 is 11.6 Å². The summed E-state index contributed by atoms with van der Waals surface area (Å²) in [6.07, 6.45) is 0.321. The zero-order chi connectivity index (χ0) is 14.1. The van der Waals surface area contributed by atoms with Crippen molar-refractivity contribution in [2.75, 3.05) is 32.1 Å². The first kappa shape index (κ1) is 15.3. The molecule has 2 N–H and O–H groups in total. The largest absolute Gasteiger partial charge is 0.383 e. The molecular weight excluding hydrogens is 266 g/mol. The molecule has 0 saturated carbocycles. The second-order valence-electron chi connectivity index (χ2n) is 3.79. The molecular formula is C13H16ClN3O2. The Labute approximate surface area is 117 Å². The van der Waals surface area contributed by atoms with Gasteiger partial charge in [-0.05, 0) is 12.1 Å². The van der Waals surface area contributed by atoms with E-state index in [1.165, 1.54) is 0 Å². The lowest BCUT2D eigenvalue weighted by molar-refractivity contribution is -0.121. The summed E-state index contributed by atoms with van der Waals surface area (Å²) in [6, 6.07) is 7.20. The molecule has 0 saturated heterocycles. The van der Waals surface area contributed by atoms with Gasteiger partial charge in [0.1, 0.15) is 6.07 Å². The molecule has 6 heteroatoms. The van der Waals surface area contributed by atoms with Crippen molar-refractivity contribution in [2.45, 2.75) is 6.42 Å². The fourth-order valence-corrected chi connectivity index (χ4v) is 1.69. The standard InChI is InChI=1S/C13H16ClN3O2/c1-19-8-7-17-13(18)5-6-16-12-4-2-3-11(14)10(12)9-15/h2-4,16H,5-8H2,1H3,(H,17,18). The minimum absolute atomic E-state index is 0.0647. The summed E-state index contributed by atoms with van der Waals surface area (Å²) >= 11 is 5.90. The van der Waals surface area contributed by atoms with Gasteiger partial charge in [0, 0.05) is 26.6 Å². The number of benzene rings is 1. The predicted molar refractivity (Wildman–Crippen MR) is 74.2 cm³/mol. The Morgan fingerprint density at radius 3 is 2.95 bits per heavy atom. The van der Waals surface area contributed by atoms with Gasteiger partial charge in [-0.2, -0.15) is 5.26 Å². The van der Waals surface area contributed by atoms with Crippen LogP contribution in [0, 0.1) is 11.3 Å². The average molecular weight is 282 g/mol. The van der Waals surface area contributed by atoms with Gasteiger partial charge in [-0.15, -0.1) is 0 Å². The summed E-state index contributed by atoms with van der Waals surface area (Å²) in [6.45, 7) is 1.43. The van der Waals surface area contributed by atoms with E-state index in [0.717, 1.165) is 0 Å². The average Bonchev–Trinajstić information content (AvgIpc) is 2.39. The van der Waals surface area contributed by atoms with Gasteiger partial charge < -0.3 is 15.4 Å². The Morgan fingerprint density at radius 2 is 2.26 bits per heavy atom. The Kier molecular flexibility index (Phi) is 6.72. The quantitative estimate of drug-likeness (QED) is 0.747. The summed E-state index contributed by atoms with van der Waals surface area (Å²) < 4.78 is 4.83. The van der Waals surface area contributed by atoms with E-state index in [2.05, 4.69) is 10.6 Å². The maximum Gasteiger partial charge on any atom is 0.221 e. The number of carbonyl (C=O) groups is 1. The Bertz CT molecular complexity index is 471. The SMILES string of the molecule is COCCNC(=O)CCNc1cccc(Cl)c1C#N. The number of hydrogen-bond acceptors (Lipinski definition) is 4. The number of hydrogen-bond donors (Lipinski definition) is 2. The van der Waals surface area contributed by atoms with Crippen LogP contribution in [0.25, 0.3) is 0 Å². The molecule has 0 spiro atoms. The van der Waals surface area contributed by atoms with Crippen LogP contribution in [0.3, 0.4) is 0 Å². The van der Waals surface area contributed by atoms with Crippen molar-refractivity contribution < 1.29 is 9.53 Å². The van der Waals surface area contributed by atoms with Crippen molar-refractivity contribution in [2.24, 2.45) is 0 Å². The number of carbonyl (C=O) groups excluding carboxylic acids is 1. The fraction of sp³-hybridized carbons (Fsp3) is 0.385. The van der Waals surface area contributed by atoms with Crippen LogP contribution in [0.1, 0.15) is 12.0 Å². The zero-order valence-corrected chi connectivity index (χ0v) is 11.5. The Balaban J connectivity index is 2.40. The highest BCUT2D eigenvalue weighted by Gasteiger charge is 2.06. The molecule has 19 heavy (non-hydrogen) atoms. The van der Waals surface area contributed by atoms with Crippen LogP contribution in [0.4, 0.5) is 5.69 Å². The van der Waals surface area contributed by atoms with Crippen LogP contribution < -0.4 is 10.6 Å². The molecule has 0 heterocycles. The topological polar surface area (TPSA) is 74.2 Å². The van der Waals surface area contributed by atoms with E-state index in [9.17, 15) is 4.79 Å². The number of ether oxygens (including phenoxy) is 1. The third-order valence-corrected chi connectivity index (χ3v) is 2.74. The third kappa shape index (κ3) is 5.16. The van der Waals surface area contributed by atoms with Gasteiger partial charge in [0.2, 0.25) is 5.91 Å². The van der Waals surface area contributed by atoms with E-state index in [4.69, 9.17) is 21.6 Å². The normalized spacial score (nSPS) is 9.74. The zero-order valence-electron chi connectivity index (χ0n) is 10.7. The lowest BCUT2D eigenvalue weighted by atomic mass is 10.2. The molecule has 0 atom stereocenters. The monoisotopic (exact) mass is 281 g/mol. The van der Waals surface area contributed by atoms with Crippen molar-refractivity contribution >= 4 is 23.2 Å². The van der Waals surface area contributed by atoms with E-state index in [0.29, 0.717) is 42.4 Å². The molecule has 1 rings (SSSR count). The molecule has 1 amide bonds. The van der Waals surface area contributed by atoms with E-state index < -0.39 is 0 Å². The highest BCUT2D eigenvalue weighted by atomic mass is 35.5. The molecule has 0 aliphatic carbocycles. The molecule has 0 unspecified atom stereocenters. The molecule has 0 aliphatic rings. The van der Waals surface area contributed by atoms with Gasteiger partial charge in [0.25, 0.3) is 0 Å². The second-order valence-corrected chi connectivity index (χ2v) is 4.20. The Hall–Kier alpha value is -1.77. The van der Waals surface area contributed by atoms with Crippen LogP contribution in [0.2, 0.25) is 5.02 Å². The number of halogens is 1.